The van der Waals surface area contributed by atoms with Crippen molar-refractivity contribution in [2.24, 2.45) is 0 Å². The van der Waals surface area contributed by atoms with Crippen LogP contribution in [0.5, 0.6) is 5.75 Å². The van der Waals surface area contributed by atoms with Crippen molar-refractivity contribution in [2.75, 3.05) is 5.32 Å². The van der Waals surface area contributed by atoms with E-state index in [1.807, 2.05) is 6.07 Å². The normalized spacial score (nSPS) is 24.8. The standard InChI is InChI=1S/C12H17NO/c1-4-11-9(3)13-10-7-8(2)5-6-12(10)14-11/h5-7,9,11,13H,4H2,1-3H3/t9-,11+/m1/s1. The van der Waals surface area contributed by atoms with E-state index in [4.69, 9.17) is 4.74 Å². The number of hydrogen-bond acceptors (Lipinski definition) is 2. The van der Waals surface area contributed by atoms with Crippen LogP contribution >= 0.6 is 0 Å². The van der Waals surface area contributed by atoms with Gasteiger partial charge < -0.3 is 10.1 Å². The van der Waals surface area contributed by atoms with Crippen molar-refractivity contribution in [2.45, 2.75) is 39.3 Å². The first-order chi connectivity index (χ1) is 6.70. The summed E-state index contributed by atoms with van der Waals surface area (Å²) < 4.78 is 5.89. The molecule has 2 atom stereocenters. The summed E-state index contributed by atoms with van der Waals surface area (Å²) in [5.74, 6) is 0.987. The largest absolute Gasteiger partial charge is 0.486 e. The Morgan fingerprint density at radius 2 is 2.21 bits per heavy atom. The Labute approximate surface area is 85.3 Å². The lowest BCUT2D eigenvalue weighted by atomic mass is 10.1. The van der Waals surface area contributed by atoms with Crippen LogP contribution in [0.1, 0.15) is 25.8 Å². The Balaban J connectivity index is 2.30. The van der Waals surface area contributed by atoms with E-state index in [0.717, 1.165) is 17.9 Å². The molecule has 1 N–H and O–H groups in total. The van der Waals surface area contributed by atoms with Gasteiger partial charge in [-0.05, 0) is 38.0 Å². The average Bonchev–Trinajstić information content (AvgIpc) is 2.16. The average molecular weight is 191 g/mol. The first kappa shape index (κ1) is 9.38. The Bertz CT molecular complexity index is 335. The maximum Gasteiger partial charge on any atom is 0.142 e. The highest BCUT2D eigenvalue weighted by Gasteiger charge is 2.24. The van der Waals surface area contributed by atoms with E-state index in [-0.39, 0.29) is 0 Å². The van der Waals surface area contributed by atoms with E-state index in [9.17, 15) is 0 Å². The monoisotopic (exact) mass is 191 g/mol. The topological polar surface area (TPSA) is 21.3 Å². The summed E-state index contributed by atoms with van der Waals surface area (Å²) in [6, 6.07) is 6.67. The number of hydrogen-bond donors (Lipinski definition) is 1. The van der Waals surface area contributed by atoms with Crippen LogP contribution in [0, 0.1) is 6.92 Å². The SMILES string of the molecule is CC[C@@H]1Oc2ccc(C)cc2N[C@@H]1C. The first-order valence-electron chi connectivity index (χ1n) is 5.24. The fourth-order valence-corrected chi connectivity index (χ4v) is 1.90. The van der Waals surface area contributed by atoms with Crippen molar-refractivity contribution in [1.29, 1.82) is 0 Å². The molecule has 2 rings (SSSR count). The second-order valence-electron chi connectivity index (χ2n) is 4.00. The van der Waals surface area contributed by atoms with Crippen LogP contribution < -0.4 is 10.1 Å². The van der Waals surface area contributed by atoms with Gasteiger partial charge in [-0.1, -0.05) is 13.0 Å². The van der Waals surface area contributed by atoms with Crippen LogP contribution in [-0.4, -0.2) is 12.1 Å². The molecule has 1 heterocycles. The van der Waals surface area contributed by atoms with Crippen molar-refractivity contribution >= 4 is 5.69 Å². The Morgan fingerprint density at radius 1 is 1.43 bits per heavy atom. The van der Waals surface area contributed by atoms with Crippen molar-refractivity contribution in [1.82, 2.24) is 0 Å². The zero-order chi connectivity index (χ0) is 10.1. The van der Waals surface area contributed by atoms with Gasteiger partial charge in [-0.2, -0.15) is 0 Å². The summed E-state index contributed by atoms with van der Waals surface area (Å²) >= 11 is 0. The summed E-state index contributed by atoms with van der Waals surface area (Å²) in [6.45, 7) is 6.42. The highest BCUT2D eigenvalue weighted by Crippen LogP contribution is 2.32. The van der Waals surface area contributed by atoms with Gasteiger partial charge in [0.05, 0.1) is 11.7 Å². The van der Waals surface area contributed by atoms with Crippen molar-refractivity contribution in [3.63, 3.8) is 0 Å². The van der Waals surface area contributed by atoms with Gasteiger partial charge in [-0.25, -0.2) is 0 Å². The fourth-order valence-electron chi connectivity index (χ4n) is 1.90. The van der Waals surface area contributed by atoms with Gasteiger partial charge in [0.1, 0.15) is 11.9 Å². The smallest absolute Gasteiger partial charge is 0.142 e. The third-order valence-corrected chi connectivity index (χ3v) is 2.76. The molecule has 0 spiro atoms. The maximum atomic E-state index is 5.89. The molecule has 1 aromatic carbocycles. The van der Waals surface area contributed by atoms with Crippen LogP contribution in [0.3, 0.4) is 0 Å². The Kier molecular flexibility index (Phi) is 2.36. The molecule has 0 amide bonds. The van der Waals surface area contributed by atoms with E-state index < -0.39 is 0 Å². The molecule has 2 nitrogen and oxygen atoms in total. The second kappa shape index (κ2) is 3.52. The van der Waals surface area contributed by atoms with E-state index in [2.05, 4.69) is 38.2 Å². The predicted molar refractivity (Wildman–Crippen MR) is 59.0 cm³/mol. The molecule has 0 saturated carbocycles. The molecular weight excluding hydrogens is 174 g/mol. The molecule has 0 bridgehead atoms. The van der Waals surface area contributed by atoms with Gasteiger partial charge in [0.2, 0.25) is 0 Å². The molecule has 0 aromatic heterocycles. The van der Waals surface area contributed by atoms with E-state index >= 15 is 0 Å². The highest BCUT2D eigenvalue weighted by atomic mass is 16.5. The zero-order valence-electron chi connectivity index (χ0n) is 9.00. The zero-order valence-corrected chi connectivity index (χ0v) is 9.00. The van der Waals surface area contributed by atoms with E-state index in [1.54, 1.807) is 0 Å². The second-order valence-corrected chi connectivity index (χ2v) is 4.00. The molecule has 14 heavy (non-hydrogen) atoms. The molecule has 0 saturated heterocycles. The molecule has 2 heteroatoms. The predicted octanol–water partition coefficient (Wildman–Crippen LogP) is 2.97. The summed E-state index contributed by atoms with van der Waals surface area (Å²) in [5, 5.41) is 3.48. The van der Waals surface area contributed by atoms with Gasteiger partial charge in [0, 0.05) is 0 Å². The van der Waals surface area contributed by atoms with Gasteiger partial charge in [-0.15, -0.1) is 0 Å². The molecule has 1 aliphatic rings. The molecule has 0 radical (unpaired) electrons. The molecule has 76 valence electrons. The maximum absolute atomic E-state index is 5.89. The Morgan fingerprint density at radius 3 is 2.93 bits per heavy atom. The van der Waals surface area contributed by atoms with Gasteiger partial charge in [0.25, 0.3) is 0 Å². The third-order valence-electron chi connectivity index (χ3n) is 2.76. The van der Waals surface area contributed by atoms with Gasteiger partial charge in [-0.3, -0.25) is 0 Å². The third kappa shape index (κ3) is 1.57. The van der Waals surface area contributed by atoms with Crippen LogP contribution in [-0.2, 0) is 0 Å². The van der Waals surface area contributed by atoms with Crippen molar-refractivity contribution in [3.05, 3.63) is 23.8 Å². The number of fused-ring (bicyclic) bond motifs is 1. The van der Waals surface area contributed by atoms with Gasteiger partial charge in [0.15, 0.2) is 0 Å². The molecule has 1 aliphatic heterocycles. The molecule has 1 aromatic rings. The number of benzene rings is 1. The summed E-state index contributed by atoms with van der Waals surface area (Å²) in [6.07, 6.45) is 1.34. The summed E-state index contributed by atoms with van der Waals surface area (Å²) in [5.41, 5.74) is 2.39. The van der Waals surface area contributed by atoms with Crippen molar-refractivity contribution < 1.29 is 4.74 Å². The lowest BCUT2D eigenvalue weighted by Gasteiger charge is -2.32. The number of aryl methyl sites for hydroxylation is 1. The van der Waals surface area contributed by atoms with E-state index in [1.165, 1.54) is 5.56 Å². The number of nitrogens with one attached hydrogen (secondary N) is 1. The number of rotatable bonds is 1. The minimum Gasteiger partial charge on any atom is -0.486 e. The number of anilines is 1. The minimum absolute atomic E-state index is 0.296. The molecule has 0 fully saturated rings. The van der Waals surface area contributed by atoms with Crippen LogP contribution in [0.4, 0.5) is 5.69 Å². The summed E-state index contributed by atoms with van der Waals surface area (Å²) in [4.78, 5) is 0. The van der Waals surface area contributed by atoms with E-state index in [0.29, 0.717) is 12.1 Å². The lowest BCUT2D eigenvalue weighted by molar-refractivity contribution is 0.170. The van der Waals surface area contributed by atoms with Crippen molar-refractivity contribution in [3.8, 4) is 5.75 Å². The first-order valence-corrected chi connectivity index (χ1v) is 5.24. The van der Waals surface area contributed by atoms with Crippen LogP contribution in [0.25, 0.3) is 0 Å². The molecular formula is C12H17NO. The van der Waals surface area contributed by atoms with Gasteiger partial charge >= 0.3 is 0 Å². The fraction of sp³-hybridized carbons (Fsp3) is 0.500. The lowest BCUT2D eigenvalue weighted by Crippen LogP contribution is -2.38. The van der Waals surface area contributed by atoms with Crippen LogP contribution in [0.2, 0.25) is 0 Å². The summed E-state index contributed by atoms with van der Waals surface area (Å²) in [7, 11) is 0. The Hall–Kier alpha value is -1.18. The highest BCUT2D eigenvalue weighted by molar-refractivity contribution is 5.60. The molecule has 0 unspecified atom stereocenters. The number of ether oxygens (including phenoxy) is 1. The van der Waals surface area contributed by atoms with Crippen LogP contribution in [0.15, 0.2) is 18.2 Å². The quantitative estimate of drug-likeness (QED) is 0.736. The molecule has 0 aliphatic carbocycles. The minimum atomic E-state index is 0.296.